The number of aliphatic hydroxyl groups excluding tert-OH is 1. The van der Waals surface area contributed by atoms with Crippen LogP contribution in [0.1, 0.15) is 97.3 Å². The molecule has 4 aliphatic heterocycles. The minimum Gasteiger partial charge on any atom is -0.391 e. The van der Waals surface area contributed by atoms with E-state index in [4.69, 9.17) is 10.1 Å². The fraction of sp³-hybridized carbons (Fsp3) is 0.512. The number of nitrogens with one attached hydrogen (secondary N) is 2. The average Bonchev–Trinajstić information content (AvgIpc) is 3.79. The highest BCUT2D eigenvalue weighted by molar-refractivity contribution is 6.05. The fourth-order valence-corrected chi connectivity index (χ4v) is 8.78. The van der Waals surface area contributed by atoms with Gasteiger partial charge in [0.2, 0.25) is 11.8 Å². The van der Waals surface area contributed by atoms with E-state index in [0.29, 0.717) is 37.5 Å². The van der Waals surface area contributed by atoms with Crippen LogP contribution in [-0.4, -0.2) is 105 Å². The third kappa shape index (κ3) is 8.10. The summed E-state index contributed by atoms with van der Waals surface area (Å²) >= 11 is 0. The molecule has 3 N–H and O–H groups in total. The fourth-order valence-electron chi connectivity index (χ4n) is 8.78. The Morgan fingerprint density at radius 1 is 0.946 bits per heavy atom. The second kappa shape index (κ2) is 16.6. The number of benzene rings is 2. The first kappa shape index (κ1) is 37.9. The molecule has 6 heterocycles. The van der Waals surface area contributed by atoms with Gasteiger partial charge in [-0.15, -0.1) is 0 Å². The first-order valence-corrected chi connectivity index (χ1v) is 20.6. The first-order chi connectivity index (χ1) is 27.2. The van der Waals surface area contributed by atoms with Crippen LogP contribution >= 0.6 is 0 Å². The van der Waals surface area contributed by atoms with Crippen molar-refractivity contribution in [1.82, 2.24) is 29.7 Å². The van der Waals surface area contributed by atoms with Crippen LogP contribution in [0.5, 0.6) is 0 Å². The van der Waals surface area contributed by atoms with Gasteiger partial charge < -0.3 is 25.1 Å². The topological polar surface area (TPSA) is 139 Å². The third-order valence-electron chi connectivity index (χ3n) is 12.1. The number of carbonyl (C=O) groups excluding carboxylic acids is 3. The van der Waals surface area contributed by atoms with Gasteiger partial charge in [-0.2, -0.15) is 9.61 Å². The SMILES string of the molecule is CC(C)c1cnn2c(NCc3ccc(N4CCN(CCCCCc5cccc6c5CN(C5CCC(=O)NC5=O)C6=O)CC4)cc3)cc(N3CCC[C@H](O)C3)nc12. The normalized spacial score (nSPS) is 20.6. The van der Waals surface area contributed by atoms with Crippen LogP contribution in [0.3, 0.4) is 0 Å². The molecule has 0 aliphatic carbocycles. The van der Waals surface area contributed by atoms with Gasteiger partial charge >= 0.3 is 0 Å². The number of nitrogens with zero attached hydrogens (tertiary/aromatic N) is 7. The van der Waals surface area contributed by atoms with Crippen molar-refractivity contribution in [3.8, 4) is 0 Å². The number of carbonyl (C=O) groups is 3. The molecule has 4 aromatic rings. The summed E-state index contributed by atoms with van der Waals surface area (Å²) in [6.45, 7) is 12.1. The molecule has 4 aliphatic rings. The van der Waals surface area contributed by atoms with Crippen molar-refractivity contribution in [3.05, 3.63) is 82.5 Å². The summed E-state index contributed by atoms with van der Waals surface area (Å²) in [4.78, 5) is 51.2. The molecule has 296 valence electrons. The van der Waals surface area contributed by atoms with Crippen molar-refractivity contribution in [2.45, 2.75) is 96.4 Å². The number of piperidine rings is 2. The summed E-state index contributed by atoms with van der Waals surface area (Å²) in [5.74, 6) is 1.34. The number of β-amino-alcohol motifs (C(OH)–C–C–N with tert-alkyl or cyclic N) is 1. The molecule has 2 atom stereocenters. The standard InChI is InChI=1S/C43H55N9O4/c1-29(2)35-26-45-52-38(24-39(46-41(35)52)50-19-7-10-33(53)27-50)44-25-30-12-14-32(15-13-30)49-22-20-48(21-23-49)18-5-3-4-8-31-9-6-11-34-36(31)28-51(43(34)56)37-16-17-40(54)47-42(37)55/h6,9,11-15,24,26,29,33,37,44,53H,3-5,7-8,10,16-23,25,27-28H2,1-2H3,(H,47,54,55)/t33-,37?/m0/s1. The molecule has 3 fully saturated rings. The minimum atomic E-state index is -0.578. The molecule has 0 saturated carbocycles. The number of amides is 3. The maximum atomic E-state index is 13.2. The molecule has 2 aromatic carbocycles. The van der Waals surface area contributed by atoms with Crippen LogP contribution in [0.4, 0.5) is 17.3 Å². The van der Waals surface area contributed by atoms with Gasteiger partial charge in [-0.05, 0) is 85.9 Å². The van der Waals surface area contributed by atoms with Crippen molar-refractivity contribution in [2.24, 2.45) is 0 Å². The molecule has 3 saturated heterocycles. The van der Waals surface area contributed by atoms with Crippen LogP contribution in [0, 0.1) is 0 Å². The van der Waals surface area contributed by atoms with Gasteiger partial charge in [-0.1, -0.05) is 44.5 Å². The van der Waals surface area contributed by atoms with Crippen molar-refractivity contribution in [2.75, 3.05) is 60.9 Å². The number of anilines is 3. The average molecular weight is 762 g/mol. The second-order valence-electron chi connectivity index (χ2n) is 16.2. The summed E-state index contributed by atoms with van der Waals surface area (Å²) in [5, 5.41) is 21.0. The smallest absolute Gasteiger partial charge is 0.255 e. The van der Waals surface area contributed by atoms with Crippen molar-refractivity contribution in [3.63, 3.8) is 0 Å². The number of unbranched alkanes of at least 4 members (excludes halogenated alkanes) is 2. The monoisotopic (exact) mass is 761 g/mol. The van der Waals surface area contributed by atoms with Gasteiger partial charge in [0.15, 0.2) is 5.65 Å². The lowest BCUT2D eigenvalue weighted by atomic mass is 9.98. The van der Waals surface area contributed by atoms with Gasteiger partial charge in [0.1, 0.15) is 17.7 Å². The zero-order valence-corrected chi connectivity index (χ0v) is 32.8. The number of imide groups is 1. The Balaban J connectivity index is 0.787. The minimum absolute atomic E-state index is 0.106. The number of rotatable bonds is 13. The maximum absolute atomic E-state index is 13.2. The summed E-state index contributed by atoms with van der Waals surface area (Å²) in [6.07, 6.45) is 8.27. The summed E-state index contributed by atoms with van der Waals surface area (Å²) in [5.41, 5.74) is 7.36. The van der Waals surface area contributed by atoms with Crippen LogP contribution < -0.4 is 20.4 Å². The lowest BCUT2D eigenvalue weighted by Gasteiger charge is -2.36. The van der Waals surface area contributed by atoms with Crippen LogP contribution in [0.15, 0.2) is 54.7 Å². The summed E-state index contributed by atoms with van der Waals surface area (Å²) in [6, 6.07) is 16.3. The molecule has 2 aromatic heterocycles. The van der Waals surface area contributed by atoms with Gasteiger partial charge in [0.25, 0.3) is 5.91 Å². The van der Waals surface area contributed by atoms with Gasteiger partial charge in [0, 0.05) is 81.7 Å². The Hall–Kier alpha value is -5.01. The Morgan fingerprint density at radius 3 is 2.54 bits per heavy atom. The van der Waals surface area contributed by atoms with Gasteiger partial charge in [-0.3, -0.25) is 24.6 Å². The Labute approximate surface area is 329 Å². The number of fused-ring (bicyclic) bond motifs is 2. The van der Waals surface area contributed by atoms with Gasteiger partial charge in [0.05, 0.1) is 12.3 Å². The highest BCUT2D eigenvalue weighted by Crippen LogP contribution is 2.31. The van der Waals surface area contributed by atoms with Gasteiger partial charge in [-0.25, -0.2) is 4.98 Å². The molecule has 0 radical (unpaired) electrons. The van der Waals surface area contributed by atoms with E-state index in [1.165, 1.54) is 16.8 Å². The molecular formula is C43H55N9O4. The molecule has 13 heteroatoms. The Bertz CT molecular complexity index is 2060. The largest absolute Gasteiger partial charge is 0.391 e. The lowest BCUT2D eigenvalue weighted by Crippen LogP contribution is -2.52. The van der Waals surface area contributed by atoms with Crippen molar-refractivity contribution >= 4 is 40.7 Å². The highest BCUT2D eigenvalue weighted by atomic mass is 16.3. The quantitative estimate of drug-likeness (QED) is 0.130. The number of hydrogen-bond donors (Lipinski definition) is 3. The first-order valence-electron chi connectivity index (χ1n) is 20.6. The lowest BCUT2D eigenvalue weighted by molar-refractivity contribution is -0.136. The van der Waals surface area contributed by atoms with E-state index >= 15 is 0 Å². The molecule has 0 spiro atoms. The van der Waals surface area contributed by atoms with E-state index in [9.17, 15) is 19.5 Å². The number of aliphatic hydroxyl groups is 1. The van der Waals surface area contributed by atoms with E-state index in [2.05, 4.69) is 75.6 Å². The maximum Gasteiger partial charge on any atom is 0.255 e. The van der Waals surface area contributed by atoms with Crippen molar-refractivity contribution in [1.29, 1.82) is 0 Å². The predicted octanol–water partition coefficient (Wildman–Crippen LogP) is 4.72. The molecule has 56 heavy (non-hydrogen) atoms. The summed E-state index contributed by atoms with van der Waals surface area (Å²) in [7, 11) is 0. The highest BCUT2D eigenvalue weighted by Gasteiger charge is 2.39. The van der Waals surface area contributed by atoms with E-state index in [-0.39, 0.29) is 30.2 Å². The number of aryl methyl sites for hydroxylation is 1. The molecule has 8 rings (SSSR count). The number of aromatic nitrogens is 3. The number of piperazine rings is 1. The van der Waals surface area contributed by atoms with Crippen LogP contribution in [-0.2, 0) is 29.1 Å². The van der Waals surface area contributed by atoms with Crippen LogP contribution in [0.25, 0.3) is 5.65 Å². The second-order valence-corrected chi connectivity index (χ2v) is 16.2. The zero-order valence-electron chi connectivity index (χ0n) is 32.8. The predicted molar refractivity (Wildman–Crippen MR) is 217 cm³/mol. The van der Waals surface area contributed by atoms with Crippen LogP contribution in [0.2, 0.25) is 0 Å². The van der Waals surface area contributed by atoms with E-state index in [0.717, 1.165) is 106 Å². The molecule has 1 unspecified atom stereocenters. The third-order valence-corrected chi connectivity index (χ3v) is 12.1. The molecule has 13 nitrogen and oxygen atoms in total. The Morgan fingerprint density at radius 2 is 1.77 bits per heavy atom. The molecule has 3 amide bonds. The number of hydrogen-bond acceptors (Lipinski definition) is 10. The van der Waals surface area contributed by atoms with Crippen molar-refractivity contribution < 1.29 is 19.5 Å². The Kier molecular flexibility index (Phi) is 11.2. The van der Waals surface area contributed by atoms with E-state index < -0.39 is 6.04 Å². The van der Waals surface area contributed by atoms with E-state index in [1.807, 2.05) is 22.8 Å². The molecular weight excluding hydrogens is 707 g/mol. The molecule has 0 bridgehead atoms. The summed E-state index contributed by atoms with van der Waals surface area (Å²) < 4.78 is 1.91. The zero-order chi connectivity index (χ0) is 38.8. The van der Waals surface area contributed by atoms with E-state index in [1.54, 1.807) is 4.90 Å².